The van der Waals surface area contributed by atoms with Crippen molar-refractivity contribution in [1.29, 1.82) is 0 Å². The molecule has 1 aliphatic carbocycles. The van der Waals surface area contributed by atoms with E-state index in [1.165, 1.54) is 24.7 Å². The van der Waals surface area contributed by atoms with Crippen LogP contribution in [-0.4, -0.2) is 36.7 Å². The minimum absolute atomic E-state index is 0.0281. The summed E-state index contributed by atoms with van der Waals surface area (Å²) in [5.74, 6) is 2.26. The number of aromatic nitrogens is 1. The van der Waals surface area contributed by atoms with Crippen LogP contribution in [0.2, 0.25) is 0 Å². The van der Waals surface area contributed by atoms with Crippen molar-refractivity contribution in [3.05, 3.63) is 66.1 Å². The molecule has 5 rings (SSSR count). The van der Waals surface area contributed by atoms with Crippen molar-refractivity contribution < 1.29 is 18.7 Å². The number of carbonyl (C=O) groups is 1. The Hall–Kier alpha value is -3.68. The molecule has 1 aliphatic heterocycles. The van der Waals surface area contributed by atoms with Crippen molar-refractivity contribution >= 4 is 17.6 Å². The lowest BCUT2D eigenvalue weighted by Gasteiger charge is -2.20. The number of hydrogen-bond acceptors (Lipinski definition) is 7. The summed E-state index contributed by atoms with van der Waals surface area (Å²) in [5, 5.41) is 2.88. The normalized spacial score (nSPS) is 18.5. The summed E-state index contributed by atoms with van der Waals surface area (Å²) < 4.78 is 17.1. The molecule has 2 aromatic carbocycles. The van der Waals surface area contributed by atoms with Gasteiger partial charge in [-0.05, 0) is 67.6 Å². The van der Waals surface area contributed by atoms with E-state index >= 15 is 0 Å². The van der Waals surface area contributed by atoms with E-state index in [0.29, 0.717) is 0 Å². The average molecular weight is 463 g/mol. The number of ether oxygens (including phenoxy) is 2. The fraction of sp³-hybridized carbons (Fsp3) is 0.385. The lowest BCUT2D eigenvalue weighted by Crippen LogP contribution is -2.26. The number of nitrogen functional groups attached to an aromatic ring is 1. The number of rotatable bonds is 9. The number of nitrogens with two attached hydrogens (primary N) is 1. The SMILES string of the molecule is C[C@H](NC(=O)c1cnc(N)o1)c1ccc(O[C@@H]2CCN(c3ccc(OCC4CC4)cc3)C2)cc1. The number of carbonyl (C=O) groups excluding carboxylic acids is 1. The molecule has 8 nitrogen and oxygen atoms in total. The lowest BCUT2D eigenvalue weighted by molar-refractivity contribution is 0.0913. The third-order valence-corrected chi connectivity index (χ3v) is 6.31. The van der Waals surface area contributed by atoms with Crippen molar-refractivity contribution in [2.45, 2.75) is 38.3 Å². The van der Waals surface area contributed by atoms with Gasteiger partial charge in [-0.15, -0.1) is 0 Å². The van der Waals surface area contributed by atoms with Gasteiger partial charge >= 0.3 is 0 Å². The maximum Gasteiger partial charge on any atom is 0.292 e. The zero-order valence-electron chi connectivity index (χ0n) is 19.3. The Kier molecular flexibility index (Phi) is 6.29. The van der Waals surface area contributed by atoms with Crippen LogP contribution in [0.1, 0.15) is 48.3 Å². The third-order valence-electron chi connectivity index (χ3n) is 6.31. The monoisotopic (exact) mass is 462 g/mol. The van der Waals surface area contributed by atoms with E-state index in [0.717, 1.165) is 49.1 Å². The van der Waals surface area contributed by atoms with Gasteiger partial charge in [0.15, 0.2) is 0 Å². The fourth-order valence-electron chi connectivity index (χ4n) is 4.08. The highest BCUT2D eigenvalue weighted by molar-refractivity contribution is 5.91. The fourth-order valence-corrected chi connectivity index (χ4v) is 4.08. The molecular formula is C26H30N4O4. The summed E-state index contributed by atoms with van der Waals surface area (Å²) in [5.41, 5.74) is 7.59. The molecule has 2 aliphatic rings. The maximum atomic E-state index is 12.2. The van der Waals surface area contributed by atoms with E-state index in [9.17, 15) is 4.79 Å². The van der Waals surface area contributed by atoms with Crippen LogP contribution in [0, 0.1) is 5.92 Å². The van der Waals surface area contributed by atoms with Gasteiger partial charge in [0.05, 0.1) is 25.4 Å². The van der Waals surface area contributed by atoms with Gasteiger partial charge in [-0.1, -0.05) is 12.1 Å². The molecule has 1 saturated heterocycles. The van der Waals surface area contributed by atoms with Crippen LogP contribution in [0.15, 0.2) is 59.1 Å². The largest absolute Gasteiger partial charge is 0.493 e. The molecule has 1 saturated carbocycles. The quantitative estimate of drug-likeness (QED) is 0.491. The Balaban J connectivity index is 1.10. The number of hydrogen-bond donors (Lipinski definition) is 2. The first-order valence-electron chi connectivity index (χ1n) is 11.8. The molecule has 0 radical (unpaired) electrons. The summed E-state index contributed by atoms with van der Waals surface area (Å²) >= 11 is 0. The van der Waals surface area contributed by atoms with Gasteiger partial charge in [-0.25, -0.2) is 4.98 Å². The van der Waals surface area contributed by atoms with Crippen LogP contribution < -0.4 is 25.4 Å². The highest BCUT2D eigenvalue weighted by Gasteiger charge is 2.25. The number of anilines is 2. The Labute approximate surface area is 199 Å². The molecule has 3 N–H and O–H groups in total. The van der Waals surface area contributed by atoms with Crippen molar-refractivity contribution in [2.75, 3.05) is 30.3 Å². The minimum Gasteiger partial charge on any atom is -0.493 e. The lowest BCUT2D eigenvalue weighted by atomic mass is 10.1. The van der Waals surface area contributed by atoms with Crippen LogP contribution in [0.5, 0.6) is 11.5 Å². The van der Waals surface area contributed by atoms with Crippen molar-refractivity contribution in [2.24, 2.45) is 5.92 Å². The predicted octanol–water partition coefficient (Wildman–Crippen LogP) is 4.19. The zero-order chi connectivity index (χ0) is 23.5. The average Bonchev–Trinajstić information content (AvgIpc) is 3.39. The number of nitrogens with one attached hydrogen (secondary N) is 1. The van der Waals surface area contributed by atoms with Crippen molar-refractivity contribution in [3.63, 3.8) is 0 Å². The molecule has 2 heterocycles. The summed E-state index contributed by atoms with van der Waals surface area (Å²) in [4.78, 5) is 18.3. The van der Waals surface area contributed by atoms with Gasteiger partial charge in [0.2, 0.25) is 5.76 Å². The second kappa shape index (κ2) is 9.67. The molecule has 0 bridgehead atoms. The van der Waals surface area contributed by atoms with Gasteiger partial charge in [0.1, 0.15) is 17.6 Å². The number of amides is 1. The van der Waals surface area contributed by atoms with E-state index < -0.39 is 0 Å². The molecule has 0 spiro atoms. The van der Waals surface area contributed by atoms with Crippen molar-refractivity contribution in [3.8, 4) is 11.5 Å². The molecule has 0 unspecified atom stereocenters. The van der Waals surface area contributed by atoms with Crippen LogP contribution in [0.3, 0.4) is 0 Å². The van der Waals surface area contributed by atoms with Crippen molar-refractivity contribution in [1.82, 2.24) is 10.3 Å². The predicted molar refractivity (Wildman–Crippen MR) is 129 cm³/mol. The number of nitrogens with zero attached hydrogens (tertiary/aromatic N) is 2. The second-order valence-electron chi connectivity index (χ2n) is 9.05. The smallest absolute Gasteiger partial charge is 0.292 e. The Morgan fingerprint density at radius 1 is 1.15 bits per heavy atom. The summed E-state index contributed by atoms with van der Waals surface area (Å²) in [7, 11) is 0. The minimum atomic E-state index is -0.356. The summed E-state index contributed by atoms with van der Waals surface area (Å²) in [6, 6.07) is 15.9. The van der Waals surface area contributed by atoms with E-state index in [1.807, 2.05) is 31.2 Å². The first kappa shape index (κ1) is 22.1. The molecule has 34 heavy (non-hydrogen) atoms. The van der Waals surface area contributed by atoms with Gasteiger partial charge < -0.3 is 29.8 Å². The third kappa shape index (κ3) is 5.44. The van der Waals surface area contributed by atoms with E-state index in [4.69, 9.17) is 19.6 Å². The van der Waals surface area contributed by atoms with Crippen LogP contribution in [-0.2, 0) is 0 Å². The molecule has 1 amide bonds. The molecule has 2 fully saturated rings. The van der Waals surface area contributed by atoms with Gasteiger partial charge in [0, 0.05) is 18.7 Å². The zero-order valence-corrected chi connectivity index (χ0v) is 19.3. The topological polar surface area (TPSA) is 103 Å². The highest BCUT2D eigenvalue weighted by Crippen LogP contribution is 2.30. The van der Waals surface area contributed by atoms with Gasteiger partial charge in [-0.3, -0.25) is 4.79 Å². The maximum absolute atomic E-state index is 12.2. The number of benzene rings is 2. The van der Waals surface area contributed by atoms with Gasteiger partial charge in [0.25, 0.3) is 11.9 Å². The Morgan fingerprint density at radius 3 is 2.56 bits per heavy atom. The van der Waals surface area contributed by atoms with Crippen LogP contribution in [0.25, 0.3) is 0 Å². The molecule has 178 valence electrons. The molecule has 2 atom stereocenters. The standard InChI is InChI=1S/C26H30N4O4/c1-17(29-25(31)24-14-28-26(27)34-24)19-4-8-22(9-5-19)33-23-12-13-30(15-23)20-6-10-21(11-7-20)32-16-18-2-3-18/h4-11,14,17-18,23H,2-3,12-13,15-16H2,1H3,(H2,27,28)(H,29,31)/t17-,23+/m0/s1. The molecule has 8 heteroatoms. The second-order valence-corrected chi connectivity index (χ2v) is 9.05. The molecule has 3 aromatic rings. The summed E-state index contributed by atoms with van der Waals surface area (Å²) in [6.07, 6.45) is 5.01. The van der Waals surface area contributed by atoms with E-state index in [2.05, 4.69) is 39.5 Å². The molecular weight excluding hydrogens is 432 g/mol. The van der Waals surface area contributed by atoms with Gasteiger partial charge in [-0.2, -0.15) is 0 Å². The highest BCUT2D eigenvalue weighted by atomic mass is 16.5. The van der Waals surface area contributed by atoms with E-state index in [1.54, 1.807) is 0 Å². The number of oxazole rings is 1. The summed E-state index contributed by atoms with van der Waals surface area (Å²) in [6.45, 7) is 4.54. The Bertz CT molecular complexity index is 1110. The first-order chi connectivity index (χ1) is 16.5. The Morgan fingerprint density at radius 2 is 1.88 bits per heavy atom. The molecule has 1 aromatic heterocycles. The van der Waals surface area contributed by atoms with E-state index in [-0.39, 0.29) is 29.8 Å². The first-order valence-corrected chi connectivity index (χ1v) is 11.8. The van der Waals surface area contributed by atoms with Crippen LogP contribution >= 0.6 is 0 Å². The van der Waals surface area contributed by atoms with Crippen LogP contribution in [0.4, 0.5) is 11.7 Å².